The molecule has 0 aliphatic heterocycles. The third kappa shape index (κ3) is 3.20. The summed E-state index contributed by atoms with van der Waals surface area (Å²) in [7, 11) is 1.42. The Kier molecular flexibility index (Phi) is 5.33. The van der Waals surface area contributed by atoms with Crippen LogP contribution in [0.15, 0.2) is 30.3 Å². The van der Waals surface area contributed by atoms with Crippen molar-refractivity contribution in [2.45, 2.75) is 6.04 Å². The second-order valence-corrected chi connectivity index (χ2v) is 5.00. The number of nitrogens with zero attached hydrogens (tertiary/aromatic N) is 1. The minimum absolute atomic E-state index is 0.0148. The number of rotatable bonds is 5. The lowest BCUT2D eigenvalue weighted by molar-refractivity contribution is 0.190. The Morgan fingerprint density at radius 1 is 0.870 bits per heavy atom. The van der Waals surface area contributed by atoms with Crippen molar-refractivity contribution in [2.75, 3.05) is 20.2 Å². The molecular formula is C16H14F5NO. The average molecular weight is 331 g/mol. The molecule has 2 aromatic carbocycles. The molecule has 0 radical (unpaired) electrons. The molecule has 23 heavy (non-hydrogen) atoms. The highest BCUT2D eigenvalue weighted by molar-refractivity contribution is 5.35. The Balaban J connectivity index is 2.70. The first-order valence-corrected chi connectivity index (χ1v) is 6.77. The molecular weight excluding hydrogens is 317 g/mol. The van der Waals surface area contributed by atoms with Gasteiger partial charge in [-0.1, -0.05) is 30.3 Å². The van der Waals surface area contributed by atoms with Crippen LogP contribution in [0.25, 0.3) is 0 Å². The van der Waals surface area contributed by atoms with Crippen LogP contribution in [-0.2, 0) is 0 Å². The van der Waals surface area contributed by atoms with Gasteiger partial charge in [0.2, 0.25) is 5.82 Å². The maximum atomic E-state index is 14.1. The Morgan fingerprint density at radius 3 is 1.83 bits per heavy atom. The fourth-order valence-electron chi connectivity index (χ4n) is 2.43. The van der Waals surface area contributed by atoms with E-state index in [4.69, 9.17) is 5.11 Å². The van der Waals surface area contributed by atoms with E-state index in [-0.39, 0.29) is 13.2 Å². The molecule has 2 nitrogen and oxygen atoms in total. The van der Waals surface area contributed by atoms with E-state index in [2.05, 4.69) is 0 Å². The Morgan fingerprint density at radius 2 is 1.35 bits per heavy atom. The van der Waals surface area contributed by atoms with E-state index in [0.717, 1.165) is 0 Å². The van der Waals surface area contributed by atoms with Crippen LogP contribution >= 0.6 is 0 Å². The van der Waals surface area contributed by atoms with Crippen LogP contribution in [0.5, 0.6) is 0 Å². The molecule has 0 heterocycles. The summed E-state index contributed by atoms with van der Waals surface area (Å²) in [6.07, 6.45) is 0. The lowest BCUT2D eigenvalue weighted by Gasteiger charge is -2.29. The van der Waals surface area contributed by atoms with Crippen molar-refractivity contribution in [3.05, 3.63) is 70.5 Å². The maximum Gasteiger partial charge on any atom is 0.200 e. The van der Waals surface area contributed by atoms with Gasteiger partial charge in [0, 0.05) is 6.54 Å². The minimum Gasteiger partial charge on any atom is -0.395 e. The number of benzene rings is 2. The first kappa shape index (κ1) is 17.4. The zero-order chi connectivity index (χ0) is 17.1. The summed E-state index contributed by atoms with van der Waals surface area (Å²) >= 11 is 0. The number of hydrogen-bond acceptors (Lipinski definition) is 2. The molecule has 0 saturated carbocycles. The maximum absolute atomic E-state index is 14.1. The van der Waals surface area contributed by atoms with Gasteiger partial charge in [-0.15, -0.1) is 0 Å². The van der Waals surface area contributed by atoms with Gasteiger partial charge >= 0.3 is 0 Å². The topological polar surface area (TPSA) is 23.5 Å². The molecule has 7 heteroatoms. The van der Waals surface area contributed by atoms with Gasteiger partial charge in [-0.25, -0.2) is 22.0 Å². The average Bonchev–Trinajstić information content (AvgIpc) is 2.56. The van der Waals surface area contributed by atoms with Gasteiger partial charge in [-0.2, -0.15) is 0 Å². The molecule has 1 N–H and O–H groups in total. The van der Waals surface area contributed by atoms with Gasteiger partial charge < -0.3 is 5.11 Å². The van der Waals surface area contributed by atoms with Crippen LogP contribution in [0, 0.1) is 29.1 Å². The van der Waals surface area contributed by atoms with Crippen LogP contribution in [-0.4, -0.2) is 30.2 Å². The molecule has 0 aliphatic carbocycles. The SMILES string of the molecule is CN(CCO)[C@@H](c1ccccc1)c1c(F)c(F)c(F)c(F)c1F. The second kappa shape index (κ2) is 7.06. The first-order valence-electron chi connectivity index (χ1n) is 6.77. The van der Waals surface area contributed by atoms with E-state index in [0.29, 0.717) is 5.56 Å². The molecule has 1 atom stereocenters. The Hall–Kier alpha value is -1.99. The Bertz CT molecular complexity index is 664. The van der Waals surface area contributed by atoms with Gasteiger partial charge in [-0.05, 0) is 12.6 Å². The molecule has 0 fully saturated rings. The standard InChI is InChI=1S/C16H14F5NO/c1-22(7-8-23)16(9-5-3-2-4-6-9)10-11(17)13(19)15(21)14(20)12(10)18/h2-6,16,23H,7-8H2,1H3/t16-/m0/s1. The zero-order valence-electron chi connectivity index (χ0n) is 12.2. The lowest BCUT2D eigenvalue weighted by Crippen LogP contribution is -2.30. The molecule has 0 aromatic heterocycles. The van der Waals surface area contributed by atoms with Crippen molar-refractivity contribution in [3.8, 4) is 0 Å². The summed E-state index contributed by atoms with van der Waals surface area (Å²) in [5, 5.41) is 9.03. The van der Waals surface area contributed by atoms with E-state index >= 15 is 0 Å². The van der Waals surface area contributed by atoms with Crippen molar-refractivity contribution in [3.63, 3.8) is 0 Å². The van der Waals surface area contributed by atoms with Gasteiger partial charge in [0.15, 0.2) is 23.3 Å². The van der Waals surface area contributed by atoms with Crippen molar-refractivity contribution in [2.24, 2.45) is 0 Å². The number of aliphatic hydroxyl groups excluding tert-OH is 1. The number of halogens is 5. The monoisotopic (exact) mass is 331 g/mol. The fraction of sp³-hybridized carbons (Fsp3) is 0.250. The summed E-state index contributed by atoms with van der Waals surface area (Å²) in [4.78, 5) is 1.31. The normalized spacial score (nSPS) is 12.7. The lowest BCUT2D eigenvalue weighted by atomic mass is 9.95. The van der Waals surface area contributed by atoms with Crippen LogP contribution in [0.2, 0.25) is 0 Å². The molecule has 0 spiro atoms. The summed E-state index contributed by atoms with van der Waals surface area (Å²) in [6.45, 7) is -0.353. The quantitative estimate of drug-likeness (QED) is 0.516. The molecule has 0 aliphatic rings. The molecule has 2 aromatic rings. The number of aliphatic hydroxyl groups is 1. The zero-order valence-corrected chi connectivity index (χ0v) is 12.2. The van der Waals surface area contributed by atoms with E-state index in [1.165, 1.54) is 24.1 Å². The highest BCUT2D eigenvalue weighted by Crippen LogP contribution is 2.34. The predicted molar refractivity (Wildman–Crippen MR) is 74.2 cm³/mol. The smallest absolute Gasteiger partial charge is 0.200 e. The van der Waals surface area contributed by atoms with Gasteiger partial charge in [0.25, 0.3) is 0 Å². The molecule has 2 rings (SSSR count). The highest BCUT2D eigenvalue weighted by atomic mass is 19.2. The van der Waals surface area contributed by atoms with E-state index in [9.17, 15) is 22.0 Å². The number of likely N-dealkylation sites (N-methyl/N-ethyl adjacent to an activating group) is 1. The molecule has 0 unspecified atom stereocenters. The van der Waals surface area contributed by atoms with Crippen LogP contribution < -0.4 is 0 Å². The minimum atomic E-state index is -2.19. The molecule has 0 bridgehead atoms. The van der Waals surface area contributed by atoms with Crippen LogP contribution in [0.4, 0.5) is 22.0 Å². The van der Waals surface area contributed by atoms with Crippen molar-refractivity contribution in [1.29, 1.82) is 0 Å². The number of hydrogen-bond donors (Lipinski definition) is 1. The highest BCUT2D eigenvalue weighted by Gasteiger charge is 2.33. The van der Waals surface area contributed by atoms with E-state index in [1.807, 2.05) is 0 Å². The van der Waals surface area contributed by atoms with Crippen molar-refractivity contribution >= 4 is 0 Å². The predicted octanol–water partition coefficient (Wildman–Crippen LogP) is 3.40. The summed E-state index contributed by atoms with van der Waals surface area (Å²) in [5.74, 6) is -9.92. The van der Waals surface area contributed by atoms with Gasteiger partial charge in [0.05, 0.1) is 18.2 Å². The van der Waals surface area contributed by atoms with Crippen molar-refractivity contribution < 1.29 is 27.1 Å². The summed E-state index contributed by atoms with van der Waals surface area (Å²) in [5.41, 5.74) is -0.602. The van der Waals surface area contributed by atoms with Crippen molar-refractivity contribution in [1.82, 2.24) is 4.90 Å². The fourth-order valence-corrected chi connectivity index (χ4v) is 2.43. The molecule has 124 valence electrons. The largest absolute Gasteiger partial charge is 0.395 e. The Labute approximate surface area is 129 Å². The third-order valence-corrected chi connectivity index (χ3v) is 3.53. The summed E-state index contributed by atoms with van der Waals surface area (Å²) in [6, 6.07) is 6.62. The third-order valence-electron chi connectivity index (χ3n) is 3.53. The van der Waals surface area contributed by atoms with Crippen LogP contribution in [0.1, 0.15) is 17.2 Å². The first-order chi connectivity index (χ1) is 10.9. The van der Waals surface area contributed by atoms with Crippen LogP contribution in [0.3, 0.4) is 0 Å². The molecule has 0 saturated heterocycles. The molecule has 0 amide bonds. The van der Waals surface area contributed by atoms with E-state index in [1.54, 1.807) is 18.2 Å². The van der Waals surface area contributed by atoms with Gasteiger partial charge in [0.1, 0.15) is 0 Å². The van der Waals surface area contributed by atoms with Gasteiger partial charge in [-0.3, -0.25) is 4.90 Å². The second-order valence-electron chi connectivity index (χ2n) is 5.00. The summed E-state index contributed by atoms with van der Waals surface area (Å²) < 4.78 is 68.5. The van der Waals surface area contributed by atoms with E-state index < -0.39 is 40.7 Å².